The number of nitrogens with one attached hydrogen (secondary N) is 1. The second-order valence-electron chi connectivity index (χ2n) is 5.37. The minimum atomic E-state index is 0.205. The molecule has 0 bridgehead atoms. The van der Waals surface area contributed by atoms with Gasteiger partial charge in [-0.25, -0.2) is 0 Å². The van der Waals surface area contributed by atoms with Crippen molar-refractivity contribution in [2.45, 2.75) is 32.2 Å². The van der Waals surface area contributed by atoms with Crippen molar-refractivity contribution in [3.8, 4) is 0 Å². The van der Waals surface area contributed by atoms with Crippen molar-refractivity contribution in [3.05, 3.63) is 24.0 Å². The molecule has 1 aromatic rings. The molecule has 0 radical (unpaired) electrons. The lowest BCUT2D eigenvalue weighted by molar-refractivity contribution is -0.136. The first-order chi connectivity index (χ1) is 8.70. The van der Waals surface area contributed by atoms with E-state index in [9.17, 15) is 4.79 Å². The Morgan fingerprint density at radius 2 is 2.17 bits per heavy atom. The first kappa shape index (κ1) is 13.1. The van der Waals surface area contributed by atoms with Crippen LogP contribution < -0.4 is 5.73 Å². The third-order valence-electron chi connectivity index (χ3n) is 3.99. The van der Waals surface area contributed by atoms with Crippen LogP contribution in [0.1, 0.15) is 31.2 Å². The van der Waals surface area contributed by atoms with Gasteiger partial charge in [0.05, 0.1) is 0 Å². The summed E-state index contributed by atoms with van der Waals surface area (Å²) in [5, 5.41) is 0. The maximum absolute atomic E-state index is 12.3. The number of amides is 1. The predicted molar refractivity (Wildman–Crippen MR) is 71.8 cm³/mol. The highest BCUT2D eigenvalue weighted by molar-refractivity contribution is 5.78. The van der Waals surface area contributed by atoms with Gasteiger partial charge in [-0.1, -0.05) is 0 Å². The van der Waals surface area contributed by atoms with Crippen molar-refractivity contribution in [1.82, 2.24) is 9.88 Å². The monoisotopic (exact) mass is 249 g/mol. The highest BCUT2D eigenvalue weighted by Gasteiger charge is 2.27. The first-order valence-electron chi connectivity index (χ1n) is 6.77. The van der Waals surface area contributed by atoms with Crippen LogP contribution in [-0.4, -0.2) is 29.4 Å². The van der Waals surface area contributed by atoms with Crippen LogP contribution in [0, 0.1) is 11.8 Å². The molecule has 0 saturated heterocycles. The smallest absolute Gasteiger partial charge is 0.225 e. The largest absolute Gasteiger partial charge is 0.367 e. The average molecular weight is 249 g/mol. The minimum absolute atomic E-state index is 0.205. The molecule has 4 nitrogen and oxygen atoms in total. The Balaban J connectivity index is 1.84. The van der Waals surface area contributed by atoms with E-state index in [1.807, 2.05) is 30.4 Å². The molecule has 1 aliphatic carbocycles. The molecule has 1 aliphatic rings. The molecule has 1 aromatic heterocycles. The van der Waals surface area contributed by atoms with Crippen LogP contribution in [0.3, 0.4) is 0 Å². The van der Waals surface area contributed by atoms with E-state index in [4.69, 9.17) is 5.73 Å². The summed E-state index contributed by atoms with van der Waals surface area (Å²) < 4.78 is 0. The van der Waals surface area contributed by atoms with Crippen molar-refractivity contribution in [1.29, 1.82) is 0 Å². The topological polar surface area (TPSA) is 62.1 Å². The van der Waals surface area contributed by atoms with E-state index >= 15 is 0 Å². The van der Waals surface area contributed by atoms with Gasteiger partial charge in [0.15, 0.2) is 0 Å². The second kappa shape index (κ2) is 6.05. The molecule has 1 heterocycles. The minimum Gasteiger partial charge on any atom is -0.367 e. The predicted octanol–water partition coefficient (Wildman–Crippen LogP) is 1.74. The van der Waals surface area contributed by atoms with Gasteiger partial charge in [-0.15, -0.1) is 0 Å². The molecule has 0 spiro atoms. The van der Waals surface area contributed by atoms with E-state index in [1.165, 1.54) is 0 Å². The maximum Gasteiger partial charge on any atom is 0.225 e. The third kappa shape index (κ3) is 3.13. The number of nitrogens with two attached hydrogens (primary N) is 1. The number of rotatable bonds is 4. The lowest BCUT2D eigenvalue weighted by Gasteiger charge is -2.29. The SMILES string of the molecule is CN(Cc1cc[nH]c1)C(=O)C1CCC(CN)CC1. The lowest BCUT2D eigenvalue weighted by Crippen LogP contribution is -2.35. The highest BCUT2D eigenvalue weighted by Crippen LogP contribution is 2.29. The Hall–Kier alpha value is -1.29. The third-order valence-corrected chi connectivity index (χ3v) is 3.99. The molecule has 100 valence electrons. The molecule has 4 heteroatoms. The van der Waals surface area contributed by atoms with Gasteiger partial charge in [0, 0.05) is 31.9 Å². The summed E-state index contributed by atoms with van der Waals surface area (Å²) in [5.74, 6) is 1.12. The molecular weight excluding hydrogens is 226 g/mol. The zero-order valence-corrected chi connectivity index (χ0v) is 11.1. The number of aromatic amines is 1. The van der Waals surface area contributed by atoms with Crippen LogP contribution in [0.2, 0.25) is 0 Å². The molecule has 0 atom stereocenters. The van der Waals surface area contributed by atoms with Gasteiger partial charge >= 0.3 is 0 Å². The number of hydrogen-bond acceptors (Lipinski definition) is 2. The number of nitrogens with zero attached hydrogens (tertiary/aromatic N) is 1. The maximum atomic E-state index is 12.3. The molecule has 0 aliphatic heterocycles. The quantitative estimate of drug-likeness (QED) is 0.853. The molecular formula is C14H23N3O. The van der Waals surface area contributed by atoms with Crippen molar-refractivity contribution < 1.29 is 4.79 Å². The number of carbonyl (C=O) groups is 1. The van der Waals surface area contributed by atoms with Gasteiger partial charge < -0.3 is 15.6 Å². The van der Waals surface area contributed by atoms with Crippen LogP contribution in [0.15, 0.2) is 18.5 Å². The van der Waals surface area contributed by atoms with Crippen molar-refractivity contribution in [2.75, 3.05) is 13.6 Å². The molecule has 2 rings (SSSR count). The van der Waals surface area contributed by atoms with E-state index in [-0.39, 0.29) is 11.8 Å². The summed E-state index contributed by atoms with van der Waals surface area (Å²) in [6, 6.07) is 2.01. The summed E-state index contributed by atoms with van der Waals surface area (Å²) in [7, 11) is 1.89. The summed E-state index contributed by atoms with van der Waals surface area (Å²) in [6.45, 7) is 1.46. The van der Waals surface area contributed by atoms with Gasteiger partial charge in [-0.3, -0.25) is 4.79 Å². The van der Waals surface area contributed by atoms with Crippen molar-refractivity contribution in [2.24, 2.45) is 17.6 Å². The Morgan fingerprint density at radius 3 is 2.72 bits per heavy atom. The fourth-order valence-corrected chi connectivity index (χ4v) is 2.77. The summed E-state index contributed by atoms with van der Waals surface area (Å²) in [5.41, 5.74) is 6.83. The molecule has 1 fully saturated rings. The fraction of sp³-hybridized carbons (Fsp3) is 0.643. The number of aromatic nitrogens is 1. The Morgan fingerprint density at radius 1 is 1.44 bits per heavy atom. The highest BCUT2D eigenvalue weighted by atomic mass is 16.2. The van der Waals surface area contributed by atoms with Gasteiger partial charge in [0.1, 0.15) is 0 Å². The van der Waals surface area contributed by atoms with Gasteiger partial charge in [-0.2, -0.15) is 0 Å². The fourth-order valence-electron chi connectivity index (χ4n) is 2.77. The average Bonchev–Trinajstić information content (AvgIpc) is 2.91. The molecule has 0 unspecified atom stereocenters. The zero-order chi connectivity index (χ0) is 13.0. The van der Waals surface area contributed by atoms with Gasteiger partial charge in [0.2, 0.25) is 5.91 Å². The van der Waals surface area contributed by atoms with E-state index in [1.54, 1.807) is 0 Å². The zero-order valence-electron chi connectivity index (χ0n) is 11.1. The summed E-state index contributed by atoms with van der Waals surface area (Å²) in [6.07, 6.45) is 8.03. The molecule has 3 N–H and O–H groups in total. The number of H-pyrrole nitrogens is 1. The molecule has 0 aromatic carbocycles. The van der Waals surface area contributed by atoms with Crippen LogP contribution in [-0.2, 0) is 11.3 Å². The Labute approximate surface area is 109 Å². The van der Waals surface area contributed by atoms with Gasteiger partial charge in [0.25, 0.3) is 0 Å². The van der Waals surface area contributed by atoms with E-state index in [0.29, 0.717) is 12.5 Å². The number of carbonyl (C=O) groups excluding carboxylic acids is 1. The molecule has 1 amide bonds. The van der Waals surface area contributed by atoms with E-state index < -0.39 is 0 Å². The Bertz CT molecular complexity index is 366. The summed E-state index contributed by atoms with van der Waals surface area (Å²) >= 11 is 0. The standard InChI is InChI=1S/C14H23N3O/c1-17(10-12-6-7-16-9-12)14(18)13-4-2-11(8-15)3-5-13/h6-7,9,11,13,16H,2-5,8,10,15H2,1H3. The second-order valence-corrected chi connectivity index (χ2v) is 5.37. The van der Waals surface area contributed by atoms with E-state index in [2.05, 4.69) is 4.98 Å². The van der Waals surface area contributed by atoms with Crippen molar-refractivity contribution in [3.63, 3.8) is 0 Å². The summed E-state index contributed by atoms with van der Waals surface area (Å²) in [4.78, 5) is 17.2. The Kier molecular flexibility index (Phi) is 4.42. The first-order valence-corrected chi connectivity index (χ1v) is 6.77. The lowest BCUT2D eigenvalue weighted by atomic mass is 9.81. The van der Waals surface area contributed by atoms with E-state index in [0.717, 1.165) is 37.8 Å². The normalized spacial score (nSPS) is 23.9. The van der Waals surface area contributed by atoms with Crippen LogP contribution in [0.5, 0.6) is 0 Å². The van der Waals surface area contributed by atoms with Crippen LogP contribution in [0.4, 0.5) is 0 Å². The van der Waals surface area contributed by atoms with Crippen molar-refractivity contribution >= 4 is 5.91 Å². The van der Waals surface area contributed by atoms with Gasteiger partial charge in [-0.05, 0) is 49.8 Å². The number of hydrogen-bond donors (Lipinski definition) is 2. The van der Waals surface area contributed by atoms with Crippen LogP contribution in [0.25, 0.3) is 0 Å². The molecule has 1 saturated carbocycles. The van der Waals surface area contributed by atoms with Crippen LogP contribution >= 0.6 is 0 Å². The molecule has 18 heavy (non-hydrogen) atoms.